The van der Waals surface area contributed by atoms with Crippen LogP contribution in [0.1, 0.15) is 23.2 Å². The zero-order valence-electron chi connectivity index (χ0n) is 11.7. The van der Waals surface area contributed by atoms with Crippen molar-refractivity contribution in [1.29, 1.82) is 0 Å². The van der Waals surface area contributed by atoms with E-state index >= 15 is 0 Å². The minimum atomic E-state index is -0.322. The highest BCUT2D eigenvalue weighted by Crippen LogP contribution is 2.26. The topological polar surface area (TPSA) is 58.1 Å². The third kappa shape index (κ3) is 3.31. The number of carbonyl (C=O) groups excluding carboxylic acids is 1. The second-order valence-electron chi connectivity index (χ2n) is 5.04. The zero-order valence-corrected chi connectivity index (χ0v) is 13.2. The molecule has 0 unspecified atom stereocenters. The Balaban J connectivity index is 1.73. The summed E-state index contributed by atoms with van der Waals surface area (Å²) < 4.78 is 0. The number of aromatic nitrogens is 2. The maximum Gasteiger partial charge on any atom is 0.258 e. The van der Waals surface area contributed by atoms with Crippen molar-refractivity contribution in [3.63, 3.8) is 0 Å². The van der Waals surface area contributed by atoms with Gasteiger partial charge in [0, 0.05) is 30.5 Å². The lowest BCUT2D eigenvalue weighted by Crippen LogP contribution is -2.21. The van der Waals surface area contributed by atoms with Gasteiger partial charge in [0.25, 0.3) is 5.91 Å². The Hall–Kier alpha value is -1.85. The molecule has 1 aromatic carbocycles. The number of anilines is 2. The molecule has 5 nitrogen and oxygen atoms in total. The molecule has 1 fully saturated rings. The van der Waals surface area contributed by atoms with Crippen LogP contribution in [0.5, 0.6) is 0 Å². The summed E-state index contributed by atoms with van der Waals surface area (Å²) in [7, 11) is 0. The van der Waals surface area contributed by atoms with Crippen LogP contribution in [0.25, 0.3) is 0 Å². The lowest BCUT2D eigenvalue weighted by atomic mass is 10.2. The predicted octanol–water partition coefficient (Wildman–Crippen LogP) is 3.64. The van der Waals surface area contributed by atoms with E-state index in [1.807, 2.05) is 0 Å². The van der Waals surface area contributed by atoms with Crippen LogP contribution in [0.2, 0.25) is 10.0 Å². The van der Waals surface area contributed by atoms with Crippen molar-refractivity contribution in [2.45, 2.75) is 12.8 Å². The number of nitrogens with zero attached hydrogens (tertiary/aromatic N) is 3. The first-order valence-electron chi connectivity index (χ1n) is 6.97. The van der Waals surface area contributed by atoms with E-state index in [9.17, 15) is 4.79 Å². The third-order valence-electron chi connectivity index (χ3n) is 3.47. The first-order valence-corrected chi connectivity index (χ1v) is 7.72. The van der Waals surface area contributed by atoms with E-state index < -0.39 is 0 Å². The first-order chi connectivity index (χ1) is 10.6. The van der Waals surface area contributed by atoms with Crippen LogP contribution in [0.3, 0.4) is 0 Å². The van der Waals surface area contributed by atoms with Crippen LogP contribution in [-0.2, 0) is 0 Å². The number of nitrogens with one attached hydrogen (secondary N) is 1. The van der Waals surface area contributed by atoms with Gasteiger partial charge in [-0.05, 0) is 31.0 Å². The minimum absolute atomic E-state index is 0.322. The number of hydrogen-bond acceptors (Lipinski definition) is 4. The van der Waals surface area contributed by atoms with Gasteiger partial charge >= 0.3 is 0 Å². The van der Waals surface area contributed by atoms with Gasteiger partial charge in [-0.1, -0.05) is 23.2 Å². The van der Waals surface area contributed by atoms with Crippen molar-refractivity contribution in [1.82, 2.24) is 9.97 Å². The Morgan fingerprint density at radius 3 is 2.50 bits per heavy atom. The highest BCUT2D eigenvalue weighted by Gasteiger charge is 2.16. The molecule has 1 saturated heterocycles. The Morgan fingerprint density at radius 2 is 1.82 bits per heavy atom. The molecule has 1 N–H and O–H groups in total. The molecule has 1 aliphatic rings. The number of hydrogen-bond donors (Lipinski definition) is 1. The van der Waals surface area contributed by atoms with E-state index in [1.54, 1.807) is 18.2 Å². The smallest absolute Gasteiger partial charge is 0.258 e. The Morgan fingerprint density at radius 1 is 1.14 bits per heavy atom. The van der Waals surface area contributed by atoms with Crippen molar-refractivity contribution in [3.05, 3.63) is 46.2 Å². The lowest BCUT2D eigenvalue weighted by molar-refractivity contribution is 0.102. The highest BCUT2D eigenvalue weighted by atomic mass is 35.5. The van der Waals surface area contributed by atoms with Crippen LogP contribution in [0.15, 0.2) is 30.6 Å². The molecule has 1 aliphatic heterocycles. The van der Waals surface area contributed by atoms with Crippen molar-refractivity contribution < 1.29 is 4.79 Å². The molecule has 1 amide bonds. The van der Waals surface area contributed by atoms with Crippen LogP contribution < -0.4 is 10.2 Å². The van der Waals surface area contributed by atoms with Gasteiger partial charge in [0.15, 0.2) is 0 Å². The van der Waals surface area contributed by atoms with Gasteiger partial charge in [0.05, 0.1) is 16.3 Å². The largest absolute Gasteiger partial charge is 0.341 e. The molecular weight excluding hydrogens is 323 g/mol. The van der Waals surface area contributed by atoms with E-state index in [0.717, 1.165) is 25.9 Å². The molecule has 22 heavy (non-hydrogen) atoms. The van der Waals surface area contributed by atoms with Crippen molar-refractivity contribution in [2.75, 3.05) is 23.3 Å². The fourth-order valence-corrected chi connectivity index (χ4v) is 2.64. The molecular formula is C15H14Cl2N4O. The summed E-state index contributed by atoms with van der Waals surface area (Å²) >= 11 is 11.9. The summed E-state index contributed by atoms with van der Waals surface area (Å²) in [6.07, 6.45) is 5.35. The first kappa shape index (κ1) is 15.1. The predicted molar refractivity (Wildman–Crippen MR) is 87.9 cm³/mol. The molecule has 3 rings (SSSR count). The molecule has 2 heterocycles. The average Bonchev–Trinajstić information content (AvgIpc) is 3.05. The Kier molecular flexibility index (Phi) is 4.45. The van der Waals surface area contributed by atoms with Crippen molar-refractivity contribution in [2.24, 2.45) is 0 Å². The molecule has 0 atom stereocenters. The van der Waals surface area contributed by atoms with Gasteiger partial charge in [-0.15, -0.1) is 0 Å². The summed E-state index contributed by atoms with van der Waals surface area (Å²) in [6, 6.07) is 4.89. The quantitative estimate of drug-likeness (QED) is 0.929. The second-order valence-corrected chi connectivity index (χ2v) is 5.89. The van der Waals surface area contributed by atoms with Crippen LogP contribution >= 0.6 is 23.2 Å². The van der Waals surface area contributed by atoms with Gasteiger partial charge in [-0.3, -0.25) is 4.79 Å². The maximum absolute atomic E-state index is 12.2. The van der Waals surface area contributed by atoms with E-state index in [2.05, 4.69) is 20.2 Å². The van der Waals surface area contributed by atoms with E-state index in [4.69, 9.17) is 23.2 Å². The van der Waals surface area contributed by atoms with Crippen LogP contribution in [0, 0.1) is 0 Å². The van der Waals surface area contributed by atoms with E-state index in [-0.39, 0.29) is 5.91 Å². The molecule has 7 heteroatoms. The summed E-state index contributed by atoms with van der Waals surface area (Å²) in [5.74, 6) is 0.340. The number of benzene rings is 1. The number of rotatable bonds is 3. The van der Waals surface area contributed by atoms with E-state index in [1.165, 1.54) is 12.4 Å². The Bertz CT molecular complexity index is 684. The normalized spacial score (nSPS) is 14.2. The molecule has 1 aromatic heterocycles. The second kappa shape index (κ2) is 6.50. The number of halogens is 2. The van der Waals surface area contributed by atoms with Gasteiger partial charge in [-0.2, -0.15) is 0 Å². The standard InChI is InChI=1S/C15H14Cl2N4O/c16-11-3-4-12(17)13(7-11)20-14(22)10-8-18-15(19-9-10)21-5-1-2-6-21/h3-4,7-9H,1-2,5-6H2,(H,20,22). The highest BCUT2D eigenvalue weighted by molar-refractivity contribution is 6.35. The van der Waals surface area contributed by atoms with Crippen molar-refractivity contribution >= 4 is 40.7 Å². The summed E-state index contributed by atoms with van der Waals surface area (Å²) in [6.45, 7) is 1.92. The number of amides is 1. The molecule has 0 spiro atoms. The maximum atomic E-state index is 12.2. The minimum Gasteiger partial charge on any atom is -0.341 e. The van der Waals surface area contributed by atoms with Crippen LogP contribution in [-0.4, -0.2) is 29.0 Å². The monoisotopic (exact) mass is 336 g/mol. The fourth-order valence-electron chi connectivity index (χ4n) is 2.31. The van der Waals surface area contributed by atoms with Crippen molar-refractivity contribution in [3.8, 4) is 0 Å². The van der Waals surface area contributed by atoms with Gasteiger partial charge in [-0.25, -0.2) is 9.97 Å². The summed E-state index contributed by atoms with van der Waals surface area (Å²) in [4.78, 5) is 22.8. The summed E-state index contributed by atoms with van der Waals surface area (Å²) in [5.41, 5.74) is 0.835. The molecule has 114 valence electrons. The number of carbonyl (C=O) groups is 1. The summed E-state index contributed by atoms with van der Waals surface area (Å²) in [5, 5.41) is 3.63. The fraction of sp³-hybridized carbons (Fsp3) is 0.267. The molecule has 0 aliphatic carbocycles. The lowest BCUT2D eigenvalue weighted by Gasteiger charge is -2.14. The van der Waals surface area contributed by atoms with Gasteiger partial charge in [0.2, 0.25) is 5.95 Å². The zero-order chi connectivity index (χ0) is 15.5. The Labute approximate surface area is 138 Å². The molecule has 2 aromatic rings. The third-order valence-corrected chi connectivity index (χ3v) is 4.03. The average molecular weight is 337 g/mol. The van der Waals surface area contributed by atoms with Gasteiger partial charge in [0.1, 0.15) is 0 Å². The van der Waals surface area contributed by atoms with Crippen LogP contribution in [0.4, 0.5) is 11.6 Å². The van der Waals surface area contributed by atoms with Gasteiger partial charge < -0.3 is 10.2 Å². The van der Waals surface area contributed by atoms with E-state index in [0.29, 0.717) is 27.2 Å². The molecule has 0 saturated carbocycles. The molecule has 0 bridgehead atoms. The molecule has 0 radical (unpaired) electrons. The SMILES string of the molecule is O=C(Nc1cc(Cl)ccc1Cl)c1cnc(N2CCCC2)nc1.